The molecule has 1 heterocycles. The Balaban J connectivity index is 0.00000264. The van der Waals surface area contributed by atoms with Crippen LogP contribution >= 0.6 is 24.0 Å². The zero-order valence-corrected chi connectivity index (χ0v) is 15.1. The van der Waals surface area contributed by atoms with Crippen molar-refractivity contribution in [1.82, 2.24) is 25.4 Å². The lowest BCUT2D eigenvalue weighted by Crippen LogP contribution is -2.36. The molecule has 0 saturated carbocycles. The zero-order valence-electron chi connectivity index (χ0n) is 12.8. The molecule has 1 aromatic heterocycles. The van der Waals surface area contributed by atoms with Crippen LogP contribution in [0.1, 0.15) is 11.4 Å². The Hall–Kier alpha value is -2.24. The lowest BCUT2D eigenvalue weighted by molar-refractivity contribution is -0.384. The molecule has 0 spiro atoms. The van der Waals surface area contributed by atoms with Crippen molar-refractivity contribution in [2.45, 2.75) is 13.1 Å². The monoisotopic (exact) mass is 431 g/mol. The quantitative estimate of drug-likeness (QED) is 0.242. The van der Waals surface area contributed by atoms with Gasteiger partial charge in [0.05, 0.1) is 11.5 Å². The molecule has 0 unspecified atom stereocenters. The van der Waals surface area contributed by atoms with Gasteiger partial charge < -0.3 is 10.6 Å². The van der Waals surface area contributed by atoms with Crippen molar-refractivity contribution < 1.29 is 4.92 Å². The van der Waals surface area contributed by atoms with E-state index in [9.17, 15) is 10.1 Å². The fraction of sp³-hybridized carbons (Fsp3) is 0.308. The Kier molecular flexibility index (Phi) is 7.38. The fourth-order valence-corrected chi connectivity index (χ4v) is 1.78. The van der Waals surface area contributed by atoms with Crippen LogP contribution < -0.4 is 10.6 Å². The number of nitro benzene ring substituents is 1. The Labute approximate surface area is 150 Å². The van der Waals surface area contributed by atoms with Gasteiger partial charge in [-0.25, -0.2) is 4.98 Å². The fourth-order valence-electron chi connectivity index (χ4n) is 1.78. The van der Waals surface area contributed by atoms with E-state index in [4.69, 9.17) is 0 Å². The Morgan fingerprint density at radius 1 is 1.30 bits per heavy atom. The number of nitro groups is 1. The Bertz CT molecular complexity index is 669. The molecule has 0 saturated heterocycles. The average molecular weight is 431 g/mol. The van der Waals surface area contributed by atoms with Gasteiger partial charge in [-0.1, -0.05) is 12.1 Å². The van der Waals surface area contributed by atoms with Crippen molar-refractivity contribution in [2.24, 2.45) is 12.0 Å². The molecule has 1 aromatic carbocycles. The summed E-state index contributed by atoms with van der Waals surface area (Å²) in [5.74, 6) is 1.40. The summed E-state index contributed by atoms with van der Waals surface area (Å²) in [4.78, 5) is 18.4. The number of benzene rings is 1. The Morgan fingerprint density at radius 2 is 1.96 bits per heavy atom. The van der Waals surface area contributed by atoms with Gasteiger partial charge >= 0.3 is 0 Å². The van der Waals surface area contributed by atoms with Crippen molar-refractivity contribution in [1.29, 1.82) is 0 Å². The first kappa shape index (κ1) is 18.8. The summed E-state index contributed by atoms with van der Waals surface area (Å²) in [6, 6.07) is 6.38. The number of nitrogens with zero attached hydrogens (tertiary/aromatic N) is 5. The maximum Gasteiger partial charge on any atom is 0.269 e. The highest BCUT2D eigenvalue weighted by Gasteiger charge is 2.05. The van der Waals surface area contributed by atoms with E-state index in [2.05, 4.69) is 25.7 Å². The van der Waals surface area contributed by atoms with Crippen molar-refractivity contribution in [3.05, 3.63) is 52.1 Å². The first-order valence-corrected chi connectivity index (χ1v) is 6.61. The molecule has 10 heteroatoms. The summed E-state index contributed by atoms with van der Waals surface area (Å²) in [6.45, 7) is 1.01. The van der Waals surface area contributed by atoms with Gasteiger partial charge in [-0.05, 0) is 5.56 Å². The third-order valence-corrected chi connectivity index (χ3v) is 3.05. The van der Waals surface area contributed by atoms with Crippen molar-refractivity contribution in [2.75, 3.05) is 7.05 Å². The predicted octanol–water partition coefficient (Wildman–Crippen LogP) is 1.21. The number of non-ortho nitro benzene ring substituents is 1. The zero-order chi connectivity index (χ0) is 15.9. The van der Waals surface area contributed by atoms with Crippen molar-refractivity contribution >= 4 is 35.6 Å². The van der Waals surface area contributed by atoms with Crippen LogP contribution in [0.25, 0.3) is 0 Å². The van der Waals surface area contributed by atoms with E-state index in [1.807, 2.05) is 7.05 Å². The highest BCUT2D eigenvalue weighted by atomic mass is 127. The normalized spacial score (nSPS) is 10.8. The number of halogens is 1. The number of aliphatic imine (C=N–C) groups is 1. The van der Waals surface area contributed by atoms with E-state index in [0.717, 1.165) is 11.4 Å². The molecular weight excluding hydrogens is 413 g/mol. The van der Waals surface area contributed by atoms with Crippen LogP contribution in [-0.4, -0.2) is 32.7 Å². The first-order valence-electron chi connectivity index (χ1n) is 6.61. The van der Waals surface area contributed by atoms with Crippen LogP contribution in [0.4, 0.5) is 5.69 Å². The van der Waals surface area contributed by atoms with Crippen molar-refractivity contribution in [3.8, 4) is 0 Å². The molecule has 0 aliphatic carbocycles. The van der Waals surface area contributed by atoms with E-state index in [0.29, 0.717) is 19.0 Å². The van der Waals surface area contributed by atoms with Gasteiger partial charge in [0.1, 0.15) is 12.2 Å². The molecule has 0 fully saturated rings. The van der Waals surface area contributed by atoms with Crippen LogP contribution in [0.5, 0.6) is 0 Å². The maximum absolute atomic E-state index is 10.6. The Morgan fingerprint density at radius 3 is 2.48 bits per heavy atom. The molecule has 0 radical (unpaired) electrons. The minimum absolute atomic E-state index is 0. The number of rotatable bonds is 5. The number of hydrogen-bond donors (Lipinski definition) is 2. The highest BCUT2D eigenvalue weighted by Crippen LogP contribution is 2.11. The van der Waals surface area contributed by atoms with E-state index in [1.165, 1.54) is 18.5 Å². The topological polar surface area (TPSA) is 110 Å². The van der Waals surface area contributed by atoms with Crippen LogP contribution in [0, 0.1) is 10.1 Å². The maximum atomic E-state index is 10.6. The summed E-state index contributed by atoms with van der Waals surface area (Å²) >= 11 is 0. The van der Waals surface area contributed by atoms with Gasteiger partial charge in [0.2, 0.25) is 0 Å². The minimum Gasteiger partial charge on any atom is -0.352 e. The average Bonchev–Trinajstić information content (AvgIpc) is 2.93. The molecule has 0 atom stereocenters. The molecule has 2 aromatic rings. The van der Waals surface area contributed by atoms with E-state index < -0.39 is 4.92 Å². The van der Waals surface area contributed by atoms with Gasteiger partial charge in [0.25, 0.3) is 5.69 Å². The standard InChI is InChI=1S/C13H17N7O2.HI/c1-14-13(16-8-12-17-9-18-19(12)2)15-7-10-3-5-11(6-4-10)20(21)22;/h3-6,9H,7-8H2,1-2H3,(H2,14,15,16);1H. The molecule has 2 N–H and O–H groups in total. The molecule has 2 rings (SSSR count). The van der Waals surface area contributed by atoms with E-state index >= 15 is 0 Å². The van der Waals surface area contributed by atoms with Crippen LogP contribution in [0.15, 0.2) is 35.6 Å². The van der Waals surface area contributed by atoms with E-state index in [-0.39, 0.29) is 29.7 Å². The largest absolute Gasteiger partial charge is 0.352 e. The number of aromatic nitrogens is 3. The molecule has 23 heavy (non-hydrogen) atoms. The molecule has 0 aliphatic heterocycles. The molecular formula is C13H18IN7O2. The lowest BCUT2D eigenvalue weighted by atomic mass is 10.2. The van der Waals surface area contributed by atoms with Gasteiger partial charge in [-0.15, -0.1) is 24.0 Å². The van der Waals surface area contributed by atoms with Gasteiger partial charge in [-0.3, -0.25) is 19.8 Å². The summed E-state index contributed by atoms with van der Waals surface area (Å²) in [5, 5.41) is 20.8. The number of nitrogens with one attached hydrogen (secondary N) is 2. The van der Waals surface area contributed by atoms with Crippen molar-refractivity contribution in [3.63, 3.8) is 0 Å². The summed E-state index contributed by atoms with van der Waals surface area (Å²) in [5.41, 5.74) is 1.00. The van der Waals surface area contributed by atoms with Gasteiger partial charge in [0.15, 0.2) is 5.96 Å². The number of guanidine groups is 1. The second-order valence-corrected chi connectivity index (χ2v) is 4.50. The second kappa shape index (κ2) is 9.02. The minimum atomic E-state index is -0.418. The molecule has 124 valence electrons. The van der Waals surface area contributed by atoms with Gasteiger partial charge in [-0.2, -0.15) is 5.10 Å². The summed E-state index contributed by atoms with van der Waals surface area (Å²) < 4.78 is 1.68. The molecule has 0 aliphatic rings. The van der Waals surface area contributed by atoms with Crippen LogP contribution in [0.2, 0.25) is 0 Å². The summed E-state index contributed by atoms with van der Waals surface area (Å²) in [7, 11) is 3.49. The third kappa shape index (κ3) is 5.47. The summed E-state index contributed by atoms with van der Waals surface area (Å²) in [6.07, 6.45) is 1.49. The van der Waals surface area contributed by atoms with E-state index in [1.54, 1.807) is 23.9 Å². The SMILES string of the molecule is CN=C(NCc1ccc([N+](=O)[O-])cc1)NCc1ncnn1C.I. The lowest BCUT2D eigenvalue weighted by Gasteiger charge is -2.11. The third-order valence-electron chi connectivity index (χ3n) is 3.05. The molecule has 9 nitrogen and oxygen atoms in total. The van der Waals surface area contributed by atoms with Crippen LogP contribution in [0.3, 0.4) is 0 Å². The van der Waals surface area contributed by atoms with Gasteiger partial charge in [0, 0.05) is 32.8 Å². The second-order valence-electron chi connectivity index (χ2n) is 4.50. The first-order chi connectivity index (χ1) is 10.6. The number of aryl methyl sites for hydroxylation is 1. The molecule has 0 bridgehead atoms. The van der Waals surface area contributed by atoms with Crippen LogP contribution in [-0.2, 0) is 20.1 Å². The highest BCUT2D eigenvalue weighted by molar-refractivity contribution is 14.0. The number of hydrogen-bond acceptors (Lipinski definition) is 5. The predicted molar refractivity (Wildman–Crippen MR) is 96.6 cm³/mol. The smallest absolute Gasteiger partial charge is 0.269 e. The molecule has 0 amide bonds.